The molecule has 0 aliphatic heterocycles. The van der Waals surface area contributed by atoms with Gasteiger partial charge in [0, 0.05) is 5.56 Å². The first-order valence-electron chi connectivity index (χ1n) is 6.40. The molecule has 0 N–H and O–H groups in total. The summed E-state index contributed by atoms with van der Waals surface area (Å²) in [5.74, 6) is 0. The Hall–Kier alpha value is -2.20. The average Bonchev–Trinajstić information content (AvgIpc) is 2.97. The molecule has 0 atom stereocenters. The normalized spacial score (nSPS) is 10.7. The molecule has 0 amide bonds. The van der Waals surface area contributed by atoms with Gasteiger partial charge in [0.2, 0.25) is 0 Å². The highest BCUT2D eigenvalue weighted by Gasteiger charge is 2.14. The van der Waals surface area contributed by atoms with Crippen molar-refractivity contribution in [3.63, 3.8) is 0 Å². The van der Waals surface area contributed by atoms with Gasteiger partial charge in [-0.05, 0) is 24.6 Å². The summed E-state index contributed by atoms with van der Waals surface area (Å²) in [5, 5.41) is 4.88. The molecule has 3 aromatic rings. The topological polar surface area (TPSA) is 43.6 Å². The van der Waals surface area contributed by atoms with Crippen LogP contribution in [0, 0.1) is 0 Å². The number of nitrogens with zero attached hydrogens (tertiary/aromatic N) is 4. The van der Waals surface area contributed by atoms with E-state index in [0.29, 0.717) is 5.15 Å². The van der Waals surface area contributed by atoms with E-state index >= 15 is 0 Å². The molecule has 0 unspecified atom stereocenters. The highest BCUT2D eigenvalue weighted by Crippen LogP contribution is 2.27. The van der Waals surface area contributed by atoms with Crippen LogP contribution in [0.3, 0.4) is 0 Å². The van der Waals surface area contributed by atoms with Crippen LogP contribution < -0.4 is 0 Å². The number of para-hydroxylation sites is 1. The van der Waals surface area contributed by atoms with Gasteiger partial charge < -0.3 is 0 Å². The van der Waals surface area contributed by atoms with E-state index in [9.17, 15) is 0 Å². The largest absolute Gasteiger partial charge is 0.234 e. The first-order chi connectivity index (χ1) is 9.81. The zero-order valence-electron chi connectivity index (χ0n) is 11.0. The van der Waals surface area contributed by atoms with Gasteiger partial charge >= 0.3 is 0 Å². The van der Waals surface area contributed by atoms with Crippen molar-refractivity contribution in [1.82, 2.24) is 19.7 Å². The van der Waals surface area contributed by atoms with Gasteiger partial charge in [0.1, 0.15) is 11.5 Å². The molecule has 20 heavy (non-hydrogen) atoms. The van der Waals surface area contributed by atoms with E-state index in [4.69, 9.17) is 11.6 Å². The molecule has 5 heteroatoms. The molecule has 100 valence electrons. The summed E-state index contributed by atoms with van der Waals surface area (Å²) in [6.45, 7) is 2.04. The van der Waals surface area contributed by atoms with Gasteiger partial charge in [0.15, 0.2) is 0 Å². The Kier molecular flexibility index (Phi) is 3.48. The number of hydrogen-bond donors (Lipinski definition) is 0. The minimum Gasteiger partial charge on any atom is -0.234 e. The van der Waals surface area contributed by atoms with Crippen LogP contribution in [0.25, 0.3) is 17.1 Å². The highest BCUT2D eigenvalue weighted by molar-refractivity contribution is 6.30. The molecule has 0 saturated heterocycles. The van der Waals surface area contributed by atoms with Crippen LogP contribution in [-0.4, -0.2) is 19.7 Å². The molecule has 3 rings (SSSR count). The van der Waals surface area contributed by atoms with E-state index in [-0.39, 0.29) is 0 Å². The second-order valence-electron chi connectivity index (χ2n) is 4.31. The number of halogens is 1. The second-order valence-corrected chi connectivity index (χ2v) is 4.67. The van der Waals surface area contributed by atoms with Crippen molar-refractivity contribution in [3.8, 4) is 17.1 Å². The van der Waals surface area contributed by atoms with Crippen LogP contribution in [0.4, 0.5) is 0 Å². The van der Waals surface area contributed by atoms with Gasteiger partial charge in [-0.25, -0.2) is 14.6 Å². The first-order valence-corrected chi connectivity index (χ1v) is 6.78. The molecule has 0 fully saturated rings. The van der Waals surface area contributed by atoms with Crippen molar-refractivity contribution < 1.29 is 0 Å². The van der Waals surface area contributed by atoms with Crippen LogP contribution in [0.15, 0.2) is 48.9 Å². The first kappa shape index (κ1) is 12.8. The number of rotatable bonds is 3. The average molecular weight is 285 g/mol. The van der Waals surface area contributed by atoms with E-state index < -0.39 is 0 Å². The molecule has 0 spiro atoms. The molecule has 0 saturated carbocycles. The Morgan fingerprint density at radius 3 is 2.65 bits per heavy atom. The second kappa shape index (κ2) is 5.43. The molecule has 0 bridgehead atoms. The molecular weight excluding hydrogens is 272 g/mol. The third-order valence-corrected chi connectivity index (χ3v) is 3.46. The SMILES string of the molecule is CCc1c(Cl)ncnc1-c1ccnn1-c1ccccc1. The molecular formula is C15H13ClN4. The summed E-state index contributed by atoms with van der Waals surface area (Å²) in [4.78, 5) is 8.43. The van der Waals surface area contributed by atoms with Crippen LogP contribution in [0.2, 0.25) is 5.15 Å². The molecule has 2 heterocycles. The zero-order valence-corrected chi connectivity index (χ0v) is 11.7. The number of benzene rings is 1. The van der Waals surface area contributed by atoms with Gasteiger partial charge in [-0.1, -0.05) is 36.7 Å². The lowest BCUT2D eigenvalue weighted by molar-refractivity contribution is 0.878. The van der Waals surface area contributed by atoms with Crippen molar-refractivity contribution in [2.24, 2.45) is 0 Å². The number of hydrogen-bond acceptors (Lipinski definition) is 3. The number of aromatic nitrogens is 4. The third-order valence-electron chi connectivity index (χ3n) is 3.13. The fourth-order valence-electron chi connectivity index (χ4n) is 2.18. The Bertz CT molecular complexity index is 722. The highest BCUT2D eigenvalue weighted by atomic mass is 35.5. The summed E-state index contributed by atoms with van der Waals surface area (Å²) in [7, 11) is 0. The monoisotopic (exact) mass is 284 g/mol. The van der Waals surface area contributed by atoms with Crippen molar-refractivity contribution in [3.05, 3.63) is 59.6 Å². The Morgan fingerprint density at radius 1 is 1.10 bits per heavy atom. The summed E-state index contributed by atoms with van der Waals surface area (Å²) in [6, 6.07) is 11.9. The fourth-order valence-corrected chi connectivity index (χ4v) is 2.45. The van der Waals surface area contributed by atoms with E-state index in [1.54, 1.807) is 6.20 Å². The van der Waals surface area contributed by atoms with Crippen molar-refractivity contribution >= 4 is 11.6 Å². The summed E-state index contributed by atoms with van der Waals surface area (Å²) < 4.78 is 1.86. The third kappa shape index (κ3) is 2.18. The minimum absolute atomic E-state index is 0.498. The molecule has 2 aromatic heterocycles. The van der Waals surface area contributed by atoms with E-state index in [2.05, 4.69) is 15.1 Å². The van der Waals surface area contributed by atoms with Crippen LogP contribution in [-0.2, 0) is 6.42 Å². The minimum atomic E-state index is 0.498. The van der Waals surface area contributed by atoms with Gasteiger partial charge in [-0.2, -0.15) is 5.10 Å². The maximum absolute atomic E-state index is 6.16. The molecule has 0 radical (unpaired) electrons. The van der Waals surface area contributed by atoms with Crippen LogP contribution in [0.1, 0.15) is 12.5 Å². The molecule has 4 nitrogen and oxygen atoms in total. The fraction of sp³-hybridized carbons (Fsp3) is 0.133. The smallest absolute Gasteiger partial charge is 0.136 e. The zero-order chi connectivity index (χ0) is 13.9. The quantitative estimate of drug-likeness (QED) is 0.691. The van der Waals surface area contributed by atoms with E-state index in [1.807, 2.05) is 48.0 Å². The van der Waals surface area contributed by atoms with Gasteiger partial charge in [0.25, 0.3) is 0 Å². The van der Waals surface area contributed by atoms with E-state index in [0.717, 1.165) is 29.1 Å². The summed E-state index contributed by atoms with van der Waals surface area (Å²) >= 11 is 6.16. The van der Waals surface area contributed by atoms with Gasteiger partial charge in [0.05, 0.1) is 23.3 Å². The Labute approximate surface area is 122 Å². The lowest BCUT2D eigenvalue weighted by atomic mass is 10.1. The molecule has 0 aliphatic rings. The van der Waals surface area contributed by atoms with Crippen LogP contribution in [0.5, 0.6) is 0 Å². The lowest BCUT2D eigenvalue weighted by Gasteiger charge is -2.10. The molecule has 1 aromatic carbocycles. The standard InChI is InChI=1S/C15H13ClN4/c1-2-12-14(17-10-18-15(12)16)13-8-9-19-20(13)11-6-4-3-5-7-11/h3-10H,2H2,1H3. The maximum atomic E-state index is 6.16. The molecule has 0 aliphatic carbocycles. The van der Waals surface area contributed by atoms with E-state index in [1.165, 1.54) is 6.33 Å². The van der Waals surface area contributed by atoms with Crippen molar-refractivity contribution in [2.45, 2.75) is 13.3 Å². The van der Waals surface area contributed by atoms with Crippen molar-refractivity contribution in [1.29, 1.82) is 0 Å². The summed E-state index contributed by atoms with van der Waals surface area (Å²) in [5.41, 5.74) is 3.67. The predicted molar refractivity (Wildman–Crippen MR) is 79.0 cm³/mol. The van der Waals surface area contributed by atoms with Crippen molar-refractivity contribution in [2.75, 3.05) is 0 Å². The van der Waals surface area contributed by atoms with Gasteiger partial charge in [-0.15, -0.1) is 0 Å². The van der Waals surface area contributed by atoms with Gasteiger partial charge in [-0.3, -0.25) is 0 Å². The summed E-state index contributed by atoms with van der Waals surface area (Å²) in [6.07, 6.45) is 4.02. The maximum Gasteiger partial charge on any atom is 0.136 e. The predicted octanol–water partition coefficient (Wildman–Crippen LogP) is 3.55. The van der Waals surface area contributed by atoms with Crippen LogP contribution >= 0.6 is 11.6 Å². The Balaban J connectivity index is 2.18. The Morgan fingerprint density at radius 2 is 1.90 bits per heavy atom. The lowest BCUT2D eigenvalue weighted by Crippen LogP contribution is -2.03.